The summed E-state index contributed by atoms with van der Waals surface area (Å²) < 4.78 is 1.66. The van der Waals surface area contributed by atoms with Crippen LogP contribution >= 0.6 is 11.8 Å². The normalized spacial score (nSPS) is 14.3. The molecule has 3 rings (SSSR count). The van der Waals surface area contributed by atoms with Gasteiger partial charge in [-0.2, -0.15) is 0 Å². The van der Waals surface area contributed by atoms with Gasteiger partial charge >= 0.3 is 0 Å². The number of tetrazole rings is 1. The molecule has 0 atom stereocenters. The zero-order valence-corrected chi connectivity index (χ0v) is 12.7. The van der Waals surface area contributed by atoms with Gasteiger partial charge in [-0.05, 0) is 34.9 Å². The summed E-state index contributed by atoms with van der Waals surface area (Å²) in [5.41, 5.74) is 2.33. The number of carbonyl (C=O) groups is 1. The minimum atomic E-state index is 0.221. The van der Waals surface area contributed by atoms with Gasteiger partial charge in [0.2, 0.25) is 11.1 Å². The van der Waals surface area contributed by atoms with Crippen LogP contribution in [-0.4, -0.2) is 38.4 Å². The highest BCUT2D eigenvalue weighted by Crippen LogP contribution is 2.27. The van der Waals surface area contributed by atoms with Crippen molar-refractivity contribution in [3.05, 3.63) is 29.8 Å². The molecule has 110 valence electrons. The maximum atomic E-state index is 12.1. The second-order valence-corrected chi connectivity index (χ2v) is 6.02. The minimum Gasteiger partial charge on any atom is -0.312 e. The molecule has 0 fully saturated rings. The number of amides is 1. The third-order valence-corrected chi connectivity index (χ3v) is 4.63. The number of aromatic nitrogens is 4. The van der Waals surface area contributed by atoms with Crippen LogP contribution in [0.4, 0.5) is 5.69 Å². The van der Waals surface area contributed by atoms with Crippen LogP contribution in [0.5, 0.6) is 0 Å². The largest absolute Gasteiger partial charge is 0.312 e. The van der Waals surface area contributed by atoms with Crippen LogP contribution in [0.2, 0.25) is 0 Å². The summed E-state index contributed by atoms with van der Waals surface area (Å²) in [6, 6.07) is 8.16. The Hall–Kier alpha value is -1.89. The average molecular weight is 303 g/mol. The second kappa shape index (κ2) is 6.26. The predicted octanol–water partition coefficient (Wildman–Crippen LogP) is 1.67. The Morgan fingerprint density at radius 2 is 2.14 bits per heavy atom. The molecule has 1 aromatic carbocycles. The number of para-hydroxylation sites is 1. The summed E-state index contributed by atoms with van der Waals surface area (Å²) in [7, 11) is 1.83. The van der Waals surface area contributed by atoms with Crippen LogP contribution in [0.1, 0.15) is 18.4 Å². The van der Waals surface area contributed by atoms with E-state index >= 15 is 0 Å². The van der Waals surface area contributed by atoms with Crippen molar-refractivity contribution >= 4 is 23.4 Å². The number of fused-ring (bicyclic) bond motifs is 1. The van der Waals surface area contributed by atoms with Crippen LogP contribution < -0.4 is 4.90 Å². The smallest absolute Gasteiger partial charge is 0.227 e. The van der Waals surface area contributed by atoms with E-state index < -0.39 is 0 Å². The van der Waals surface area contributed by atoms with Gasteiger partial charge in [-0.1, -0.05) is 30.0 Å². The van der Waals surface area contributed by atoms with Gasteiger partial charge in [0, 0.05) is 31.5 Å². The highest BCUT2D eigenvalue weighted by Gasteiger charge is 2.22. The van der Waals surface area contributed by atoms with Gasteiger partial charge in [0.1, 0.15) is 0 Å². The fourth-order valence-corrected chi connectivity index (χ4v) is 3.24. The zero-order valence-electron chi connectivity index (χ0n) is 11.9. The molecule has 7 heteroatoms. The number of benzene rings is 1. The molecule has 0 aliphatic carbocycles. The molecule has 0 spiro atoms. The van der Waals surface area contributed by atoms with Gasteiger partial charge in [0.25, 0.3) is 0 Å². The quantitative estimate of drug-likeness (QED) is 0.621. The van der Waals surface area contributed by atoms with Crippen LogP contribution in [0, 0.1) is 0 Å². The summed E-state index contributed by atoms with van der Waals surface area (Å²) in [5.74, 6) is 1.11. The van der Waals surface area contributed by atoms with E-state index in [0.29, 0.717) is 6.42 Å². The SMILES string of the molecule is Cn1nnnc1SCCCN1C(=O)CCc2ccccc21. The number of hydrogen-bond donors (Lipinski definition) is 0. The molecule has 1 aromatic heterocycles. The molecule has 1 amide bonds. The molecule has 0 bridgehead atoms. The van der Waals surface area contributed by atoms with Crippen molar-refractivity contribution in [1.29, 1.82) is 0 Å². The topological polar surface area (TPSA) is 63.9 Å². The molecule has 0 N–H and O–H groups in total. The number of aryl methyl sites for hydroxylation is 2. The van der Waals surface area contributed by atoms with E-state index in [1.54, 1.807) is 16.4 Å². The summed E-state index contributed by atoms with van der Waals surface area (Å²) in [6.07, 6.45) is 2.37. The van der Waals surface area contributed by atoms with Crippen LogP contribution in [0.15, 0.2) is 29.4 Å². The summed E-state index contributed by atoms with van der Waals surface area (Å²) in [4.78, 5) is 14.0. The van der Waals surface area contributed by atoms with Crippen LogP contribution in [-0.2, 0) is 18.3 Å². The zero-order chi connectivity index (χ0) is 14.7. The first kappa shape index (κ1) is 14.1. The molecule has 0 saturated heterocycles. The van der Waals surface area contributed by atoms with Crippen molar-refractivity contribution in [3.63, 3.8) is 0 Å². The Kier molecular flexibility index (Phi) is 4.19. The average Bonchev–Trinajstić information content (AvgIpc) is 2.91. The number of rotatable bonds is 5. The summed E-state index contributed by atoms with van der Waals surface area (Å²) in [5, 5.41) is 12.1. The van der Waals surface area contributed by atoms with E-state index in [-0.39, 0.29) is 5.91 Å². The molecule has 2 heterocycles. The molecule has 1 aliphatic rings. The molecule has 6 nitrogen and oxygen atoms in total. The number of hydrogen-bond acceptors (Lipinski definition) is 5. The monoisotopic (exact) mass is 303 g/mol. The Bertz CT molecular complexity index is 642. The van der Waals surface area contributed by atoms with Gasteiger partial charge in [-0.15, -0.1) is 5.10 Å². The first-order valence-corrected chi connectivity index (χ1v) is 7.97. The van der Waals surface area contributed by atoms with E-state index in [2.05, 4.69) is 21.6 Å². The van der Waals surface area contributed by atoms with Crippen molar-refractivity contribution in [2.24, 2.45) is 7.05 Å². The maximum absolute atomic E-state index is 12.1. The van der Waals surface area contributed by atoms with Gasteiger partial charge < -0.3 is 4.90 Å². The van der Waals surface area contributed by atoms with Crippen molar-refractivity contribution in [2.45, 2.75) is 24.4 Å². The fourth-order valence-electron chi connectivity index (χ4n) is 2.47. The number of thioether (sulfide) groups is 1. The lowest BCUT2D eigenvalue weighted by Gasteiger charge is -2.29. The van der Waals surface area contributed by atoms with E-state index in [0.717, 1.165) is 36.0 Å². The van der Waals surface area contributed by atoms with Crippen LogP contribution in [0.25, 0.3) is 0 Å². The highest BCUT2D eigenvalue weighted by atomic mass is 32.2. The molecule has 1 aliphatic heterocycles. The summed E-state index contributed by atoms with van der Waals surface area (Å²) in [6.45, 7) is 0.744. The van der Waals surface area contributed by atoms with Gasteiger partial charge in [0.05, 0.1) is 0 Å². The second-order valence-electron chi connectivity index (χ2n) is 4.96. The summed E-state index contributed by atoms with van der Waals surface area (Å²) >= 11 is 1.61. The van der Waals surface area contributed by atoms with Crippen molar-refractivity contribution in [3.8, 4) is 0 Å². The number of anilines is 1. The molecular formula is C14H17N5OS. The molecule has 0 unspecified atom stereocenters. The molecule has 21 heavy (non-hydrogen) atoms. The van der Waals surface area contributed by atoms with E-state index in [1.165, 1.54) is 5.56 Å². The molecular weight excluding hydrogens is 286 g/mol. The maximum Gasteiger partial charge on any atom is 0.227 e. The Morgan fingerprint density at radius 3 is 2.95 bits per heavy atom. The molecule has 0 radical (unpaired) electrons. The Labute approximate surface area is 127 Å². The third kappa shape index (κ3) is 3.07. The lowest BCUT2D eigenvalue weighted by molar-refractivity contribution is -0.118. The lowest BCUT2D eigenvalue weighted by atomic mass is 10.0. The van der Waals surface area contributed by atoms with Crippen molar-refractivity contribution in [2.75, 3.05) is 17.2 Å². The molecule has 0 saturated carbocycles. The highest BCUT2D eigenvalue weighted by molar-refractivity contribution is 7.99. The van der Waals surface area contributed by atoms with Gasteiger partial charge in [0.15, 0.2) is 0 Å². The van der Waals surface area contributed by atoms with Gasteiger partial charge in [-0.25, -0.2) is 4.68 Å². The first-order valence-electron chi connectivity index (χ1n) is 6.99. The van der Waals surface area contributed by atoms with Gasteiger partial charge in [-0.3, -0.25) is 4.79 Å². The van der Waals surface area contributed by atoms with E-state index in [9.17, 15) is 4.79 Å². The lowest BCUT2D eigenvalue weighted by Crippen LogP contribution is -2.36. The number of nitrogens with zero attached hydrogens (tertiary/aromatic N) is 5. The van der Waals surface area contributed by atoms with E-state index in [1.807, 2.05) is 30.1 Å². The Morgan fingerprint density at radius 1 is 1.29 bits per heavy atom. The number of carbonyl (C=O) groups excluding carboxylic acids is 1. The van der Waals surface area contributed by atoms with E-state index in [4.69, 9.17) is 0 Å². The fraction of sp³-hybridized carbons (Fsp3) is 0.429. The first-order chi connectivity index (χ1) is 10.3. The third-order valence-electron chi connectivity index (χ3n) is 3.53. The minimum absolute atomic E-state index is 0.221. The predicted molar refractivity (Wildman–Crippen MR) is 81.3 cm³/mol. The van der Waals surface area contributed by atoms with Crippen LogP contribution in [0.3, 0.4) is 0 Å². The van der Waals surface area contributed by atoms with Crippen molar-refractivity contribution < 1.29 is 4.79 Å². The van der Waals surface area contributed by atoms with Crippen molar-refractivity contribution in [1.82, 2.24) is 20.2 Å². The standard InChI is InChI=1S/C14H17N5OS/c1-18-14(15-16-17-18)21-10-4-9-19-12-6-3-2-5-11(12)7-8-13(19)20/h2-3,5-6H,4,7-10H2,1H3. The molecule has 2 aromatic rings. The Balaban J connectivity index is 1.58.